The van der Waals surface area contributed by atoms with Crippen molar-refractivity contribution in [3.05, 3.63) is 76.8 Å². The summed E-state index contributed by atoms with van der Waals surface area (Å²) in [7, 11) is -0.325. The Hall–Kier alpha value is -4.13. The zero-order valence-corrected chi connectivity index (χ0v) is 23.6. The Bertz CT molecular complexity index is 1840. The Morgan fingerprint density at radius 3 is 2.60 bits per heavy atom. The number of anilines is 2. The quantitative estimate of drug-likeness (QED) is 0.290. The van der Waals surface area contributed by atoms with Gasteiger partial charge in [0.1, 0.15) is 11.9 Å². The summed E-state index contributed by atoms with van der Waals surface area (Å²) in [6.45, 7) is 1.96. The second-order valence-corrected chi connectivity index (χ2v) is 13.2. The first-order valence-electron chi connectivity index (χ1n) is 12.6. The predicted molar refractivity (Wildman–Crippen MR) is 160 cm³/mol. The molecule has 40 heavy (non-hydrogen) atoms. The molecule has 1 aromatic carbocycles. The van der Waals surface area contributed by atoms with Gasteiger partial charge >= 0.3 is 0 Å². The molecule has 5 heterocycles. The minimum Gasteiger partial charge on any atom is -0.489 e. The third-order valence-corrected chi connectivity index (χ3v) is 8.62. The van der Waals surface area contributed by atoms with E-state index in [1.165, 1.54) is 22.1 Å². The molecule has 0 saturated carbocycles. The maximum Gasteiger partial charge on any atom is 0.268 e. The third-order valence-electron chi connectivity index (χ3n) is 6.62. The number of aromatic nitrogens is 5. The number of likely N-dealkylation sites (tertiary alicyclic amines) is 1. The van der Waals surface area contributed by atoms with Gasteiger partial charge in [-0.1, -0.05) is 0 Å². The molecule has 1 aliphatic heterocycles. The van der Waals surface area contributed by atoms with Crippen molar-refractivity contribution in [3.63, 3.8) is 0 Å². The van der Waals surface area contributed by atoms with Gasteiger partial charge in [0.05, 0.1) is 11.3 Å². The van der Waals surface area contributed by atoms with Gasteiger partial charge in [-0.25, -0.2) is 14.5 Å². The fourth-order valence-corrected chi connectivity index (χ4v) is 5.84. The van der Waals surface area contributed by atoms with Gasteiger partial charge < -0.3 is 15.0 Å². The van der Waals surface area contributed by atoms with Crippen molar-refractivity contribution in [1.82, 2.24) is 29.4 Å². The largest absolute Gasteiger partial charge is 0.489 e. The molecule has 5 aromatic rings. The summed E-state index contributed by atoms with van der Waals surface area (Å²) >= 11 is 1.33. The smallest absolute Gasteiger partial charge is 0.268 e. The highest BCUT2D eigenvalue weighted by molar-refractivity contribution is 7.99. The molecule has 1 fully saturated rings. The van der Waals surface area contributed by atoms with Crippen LogP contribution >= 0.6 is 11.3 Å². The summed E-state index contributed by atoms with van der Waals surface area (Å²) in [5.74, 6) is 4.85. The molecule has 4 aromatic heterocycles. The lowest BCUT2D eigenvalue weighted by atomic mass is 10.1. The van der Waals surface area contributed by atoms with Crippen LogP contribution in [0.15, 0.2) is 76.1 Å². The minimum atomic E-state index is -2.42. The normalized spacial score (nSPS) is 17.1. The molecule has 12 heteroatoms. The number of hydrogen-bond acceptors (Lipinski definition) is 10. The molecule has 1 N–H and O–H groups in total. The van der Waals surface area contributed by atoms with Crippen LogP contribution in [0.1, 0.15) is 6.42 Å². The van der Waals surface area contributed by atoms with Gasteiger partial charge in [-0.3, -0.25) is 14.0 Å². The Balaban J connectivity index is 1.34. The molecule has 0 aliphatic carbocycles. The predicted octanol–water partition coefficient (Wildman–Crippen LogP) is 3.83. The Labute approximate surface area is 235 Å². The first kappa shape index (κ1) is 26.1. The van der Waals surface area contributed by atoms with Gasteiger partial charge in [-0.2, -0.15) is 4.98 Å². The zero-order valence-electron chi connectivity index (χ0n) is 22.0. The molecule has 0 radical (unpaired) electrons. The first-order valence-corrected chi connectivity index (χ1v) is 15.6. The number of thiazole rings is 1. The number of fused-ring (bicyclic) bond motifs is 1. The van der Waals surface area contributed by atoms with Gasteiger partial charge in [-0.15, -0.1) is 11.3 Å². The van der Waals surface area contributed by atoms with Gasteiger partial charge in [0.25, 0.3) is 5.56 Å². The van der Waals surface area contributed by atoms with Crippen LogP contribution in [-0.4, -0.2) is 72.0 Å². The topological polar surface area (TPSA) is 115 Å². The van der Waals surface area contributed by atoms with Crippen molar-refractivity contribution < 1.29 is 8.95 Å². The number of nitrogens with zero attached hydrogens (tertiary/aromatic N) is 6. The SMILES string of the molecule is C=S(C)(=O)c1ccc(-c2cc3cnc(Nc4ccc(OC5CCN(C)C5)cc4)nc3n(-c3nccs3)c2=O)nc1. The minimum absolute atomic E-state index is 0.199. The average Bonchev–Trinajstić information content (AvgIpc) is 3.61. The Morgan fingerprint density at radius 2 is 1.95 bits per heavy atom. The summed E-state index contributed by atoms with van der Waals surface area (Å²) in [6, 6.07) is 12.7. The standard InChI is InChI=1S/C28H27N7O3S2/c1-34-12-10-21(17-34)38-20-6-4-19(5-7-20)32-27-31-15-18-14-23(24-9-8-22(16-30-24)40(2,3)37)26(36)35(25(18)33-27)28-29-11-13-39-28/h4-9,11,13-16,21H,2,10,12,17H2,1,3H3,(H,31,32,33). The maximum atomic E-state index is 13.8. The van der Waals surface area contributed by atoms with Crippen molar-refractivity contribution in [2.75, 3.05) is 31.7 Å². The average molecular weight is 574 g/mol. The van der Waals surface area contributed by atoms with Crippen LogP contribution in [0.2, 0.25) is 0 Å². The number of hydrogen-bond donors (Lipinski definition) is 1. The van der Waals surface area contributed by atoms with Crippen LogP contribution in [0.4, 0.5) is 11.6 Å². The molecular formula is C28H27N7O3S2. The van der Waals surface area contributed by atoms with E-state index in [9.17, 15) is 9.00 Å². The van der Waals surface area contributed by atoms with E-state index in [2.05, 4.69) is 43.1 Å². The van der Waals surface area contributed by atoms with Crippen LogP contribution < -0.4 is 15.6 Å². The Morgan fingerprint density at radius 1 is 1.12 bits per heavy atom. The van der Waals surface area contributed by atoms with Crippen molar-refractivity contribution in [1.29, 1.82) is 0 Å². The zero-order chi connectivity index (χ0) is 27.9. The molecule has 1 aliphatic rings. The number of pyridine rings is 2. The molecule has 0 amide bonds. The number of likely N-dealkylation sites (N-methyl/N-ethyl adjacent to an activating group) is 1. The molecule has 10 nitrogen and oxygen atoms in total. The lowest BCUT2D eigenvalue weighted by molar-refractivity contribution is 0.208. The van der Waals surface area contributed by atoms with Crippen LogP contribution in [0, 0.1) is 0 Å². The lowest BCUT2D eigenvalue weighted by Crippen LogP contribution is -2.22. The molecule has 0 bridgehead atoms. The van der Waals surface area contributed by atoms with E-state index >= 15 is 0 Å². The van der Waals surface area contributed by atoms with Gasteiger partial charge in [0, 0.05) is 59.3 Å². The lowest BCUT2D eigenvalue weighted by Gasteiger charge is -2.14. The van der Waals surface area contributed by atoms with E-state index < -0.39 is 9.52 Å². The van der Waals surface area contributed by atoms with Crippen LogP contribution in [-0.2, 0) is 9.52 Å². The second kappa shape index (κ2) is 10.5. The number of benzene rings is 1. The molecule has 2 atom stereocenters. The highest BCUT2D eigenvalue weighted by atomic mass is 32.2. The summed E-state index contributed by atoms with van der Waals surface area (Å²) in [5.41, 5.74) is 1.68. The first-order chi connectivity index (χ1) is 19.2. The number of rotatable bonds is 7. The van der Waals surface area contributed by atoms with Crippen molar-refractivity contribution >= 4 is 49.4 Å². The van der Waals surface area contributed by atoms with Crippen LogP contribution in [0.3, 0.4) is 0 Å². The molecule has 0 spiro atoms. The van der Waals surface area contributed by atoms with Crippen molar-refractivity contribution in [2.45, 2.75) is 17.4 Å². The van der Waals surface area contributed by atoms with E-state index in [0.717, 1.165) is 30.9 Å². The summed E-state index contributed by atoms with van der Waals surface area (Å²) in [6.07, 6.45) is 7.56. The monoisotopic (exact) mass is 573 g/mol. The van der Waals surface area contributed by atoms with E-state index in [4.69, 9.17) is 4.74 Å². The Kier molecular flexibility index (Phi) is 6.82. The highest BCUT2D eigenvalue weighted by Crippen LogP contribution is 2.25. The number of nitrogens with one attached hydrogen (secondary N) is 1. The fraction of sp³-hybridized carbons (Fsp3) is 0.214. The fourth-order valence-electron chi connectivity index (χ4n) is 4.57. The second-order valence-electron chi connectivity index (χ2n) is 9.81. The van der Waals surface area contributed by atoms with Crippen molar-refractivity contribution in [3.8, 4) is 22.1 Å². The van der Waals surface area contributed by atoms with Gasteiger partial charge in [-0.05, 0) is 71.3 Å². The summed E-state index contributed by atoms with van der Waals surface area (Å²) < 4.78 is 19.8. The molecule has 204 valence electrons. The van der Waals surface area contributed by atoms with E-state index in [1.807, 2.05) is 24.3 Å². The molecular weight excluding hydrogens is 546 g/mol. The van der Waals surface area contributed by atoms with Crippen molar-refractivity contribution in [2.24, 2.45) is 0 Å². The molecule has 2 unspecified atom stereocenters. The summed E-state index contributed by atoms with van der Waals surface area (Å²) in [5, 5.41) is 6.14. The maximum absolute atomic E-state index is 13.8. The van der Waals surface area contributed by atoms with Gasteiger partial charge in [0.2, 0.25) is 5.95 Å². The number of ether oxygens (including phenoxy) is 1. The summed E-state index contributed by atoms with van der Waals surface area (Å²) in [4.78, 5) is 34.5. The molecule has 6 rings (SSSR count). The van der Waals surface area contributed by atoms with Gasteiger partial charge in [0.15, 0.2) is 10.8 Å². The van der Waals surface area contributed by atoms with Crippen LogP contribution in [0.25, 0.3) is 27.4 Å². The third kappa shape index (κ3) is 5.33. The highest BCUT2D eigenvalue weighted by Gasteiger charge is 2.21. The van der Waals surface area contributed by atoms with E-state index in [-0.39, 0.29) is 11.7 Å². The van der Waals surface area contributed by atoms with E-state index in [1.54, 1.807) is 42.2 Å². The van der Waals surface area contributed by atoms with Crippen LogP contribution in [0.5, 0.6) is 5.75 Å². The van der Waals surface area contributed by atoms with E-state index in [0.29, 0.717) is 38.3 Å². The molecule has 1 saturated heterocycles.